The molecule has 0 atom stereocenters. The minimum atomic E-state index is 0.503. The summed E-state index contributed by atoms with van der Waals surface area (Å²) in [4.78, 5) is 9.92. The standard InChI is InChI=1S/C15H18N4OS/c1-3-7-20-13-6-4-5-12-14(13)18-15(16)19(12)9-11-8-17-10(2)21-11/h4-6,8H,3,7,9H2,1-2H3,(H2,16,18). The summed E-state index contributed by atoms with van der Waals surface area (Å²) in [6, 6.07) is 5.93. The average molecular weight is 302 g/mol. The van der Waals surface area contributed by atoms with Crippen LogP contribution in [0.2, 0.25) is 0 Å². The van der Waals surface area contributed by atoms with Crippen molar-refractivity contribution in [2.75, 3.05) is 12.3 Å². The lowest BCUT2D eigenvalue weighted by atomic mass is 10.3. The predicted molar refractivity (Wildman–Crippen MR) is 85.9 cm³/mol. The van der Waals surface area contributed by atoms with Crippen LogP contribution in [0.15, 0.2) is 24.4 Å². The molecule has 0 radical (unpaired) electrons. The molecule has 3 aromatic rings. The molecular formula is C15H18N4OS. The number of thiazole rings is 1. The van der Waals surface area contributed by atoms with Gasteiger partial charge in [-0.1, -0.05) is 13.0 Å². The van der Waals surface area contributed by atoms with Crippen LogP contribution >= 0.6 is 11.3 Å². The van der Waals surface area contributed by atoms with Crippen LogP contribution in [-0.4, -0.2) is 21.1 Å². The predicted octanol–water partition coefficient (Wildman–Crippen LogP) is 3.22. The average Bonchev–Trinajstić information content (AvgIpc) is 3.02. The Labute approximate surface area is 127 Å². The topological polar surface area (TPSA) is 66.0 Å². The van der Waals surface area contributed by atoms with Crippen LogP contribution in [-0.2, 0) is 6.54 Å². The van der Waals surface area contributed by atoms with Crippen molar-refractivity contribution in [3.63, 3.8) is 0 Å². The molecule has 0 bridgehead atoms. The van der Waals surface area contributed by atoms with Crippen LogP contribution in [0.1, 0.15) is 23.2 Å². The maximum Gasteiger partial charge on any atom is 0.201 e. The summed E-state index contributed by atoms with van der Waals surface area (Å²) in [5.41, 5.74) is 7.90. The van der Waals surface area contributed by atoms with E-state index in [9.17, 15) is 0 Å². The smallest absolute Gasteiger partial charge is 0.201 e. The third-order valence-electron chi connectivity index (χ3n) is 3.22. The molecule has 2 heterocycles. The number of nitrogens with zero attached hydrogens (tertiary/aromatic N) is 3. The molecule has 6 heteroatoms. The van der Waals surface area contributed by atoms with E-state index in [1.165, 1.54) is 4.88 Å². The first-order valence-corrected chi connectivity index (χ1v) is 7.79. The molecule has 0 aliphatic heterocycles. The first-order chi connectivity index (χ1) is 10.2. The van der Waals surface area contributed by atoms with Crippen LogP contribution in [0.5, 0.6) is 5.75 Å². The SMILES string of the molecule is CCCOc1cccc2c1nc(N)n2Cc1cnc(C)s1. The van der Waals surface area contributed by atoms with Gasteiger partial charge >= 0.3 is 0 Å². The molecule has 0 saturated carbocycles. The van der Waals surface area contributed by atoms with Gasteiger partial charge in [-0.3, -0.25) is 0 Å². The van der Waals surface area contributed by atoms with Gasteiger partial charge in [0, 0.05) is 11.1 Å². The molecule has 0 unspecified atom stereocenters. The van der Waals surface area contributed by atoms with Crippen molar-refractivity contribution in [2.45, 2.75) is 26.8 Å². The summed E-state index contributed by atoms with van der Waals surface area (Å²) in [6.45, 7) is 5.45. The summed E-state index contributed by atoms with van der Waals surface area (Å²) >= 11 is 1.67. The number of hydrogen-bond donors (Lipinski definition) is 1. The molecular weight excluding hydrogens is 284 g/mol. The second-order valence-electron chi connectivity index (χ2n) is 4.87. The fourth-order valence-electron chi connectivity index (χ4n) is 2.27. The summed E-state index contributed by atoms with van der Waals surface area (Å²) in [6.07, 6.45) is 2.86. The number of rotatable bonds is 5. The number of ether oxygens (including phenoxy) is 1. The zero-order valence-electron chi connectivity index (χ0n) is 12.2. The van der Waals surface area contributed by atoms with Crippen LogP contribution in [0.4, 0.5) is 5.95 Å². The van der Waals surface area contributed by atoms with Crippen molar-refractivity contribution >= 4 is 28.3 Å². The second kappa shape index (κ2) is 5.73. The highest BCUT2D eigenvalue weighted by Crippen LogP contribution is 2.28. The number of imidazole rings is 1. The molecule has 0 spiro atoms. The van der Waals surface area contributed by atoms with Gasteiger partial charge in [0.25, 0.3) is 0 Å². The van der Waals surface area contributed by atoms with E-state index < -0.39 is 0 Å². The van der Waals surface area contributed by atoms with Crippen molar-refractivity contribution in [3.05, 3.63) is 34.3 Å². The van der Waals surface area contributed by atoms with E-state index in [1.54, 1.807) is 11.3 Å². The molecule has 0 fully saturated rings. The van der Waals surface area contributed by atoms with Crippen LogP contribution in [0, 0.1) is 6.92 Å². The monoisotopic (exact) mass is 302 g/mol. The number of fused-ring (bicyclic) bond motifs is 1. The van der Waals surface area contributed by atoms with Gasteiger partial charge in [-0.25, -0.2) is 9.97 Å². The van der Waals surface area contributed by atoms with Crippen LogP contribution in [0.3, 0.4) is 0 Å². The molecule has 21 heavy (non-hydrogen) atoms. The van der Waals surface area contributed by atoms with E-state index in [0.717, 1.165) is 28.2 Å². The third kappa shape index (κ3) is 2.71. The van der Waals surface area contributed by atoms with Crippen molar-refractivity contribution in [2.24, 2.45) is 0 Å². The molecule has 0 amide bonds. The first-order valence-electron chi connectivity index (χ1n) is 6.98. The lowest BCUT2D eigenvalue weighted by molar-refractivity contribution is 0.320. The maximum atomic E-state index is 6.09. The van der Waals surface area contributed by atoms with Gasteiger partial charge in [-0.15, -0.1) is 11.3 Å². The molecule has 5 nitrogen and oxygen atoms in total. The molecule has 3 rings (SSSR count). The highest BCUT2D eigenvalue weighted by Gasteiger charge is 2.13. The number of nitrogen functional groups attached to an aromatic ring is 1. The zero-order chi connectivity index (χ0) is 14.8. The molecule has 1 aromatic carbocycles. The van der Waals surface area contributed by atoms with Gasteiger partial charge in [0.05, 0.1) is 23.7 Å². The fourth-order valence-corrected chi connectivity index (χ4v) is 3.05. The van der Waals surface area contributed by atoms with Gasteiger partial charge in [0.1, 0.15) is 11.3 Å². The van der Waals surface area contributed by atoms with Crippen molar-refractivity contribution in [1.82, 2.24) is 14.5 Å². The normalized spacial score (nSPS) is 11.1. The molecule has 0 saturated heterocycles. The van der Waals surface area contributed by atoms with Crippen LogP contribution < -0.4 is 10.5 Å². The number of aromatic nitrogens is 3. The lowest BCUT2D eigenvalue weighted by Gasteiger charge is -2.06. The number of para-hydroxylation sites is 1. The zero-order valence-corrected chi connectivity index (χ0v) is 13.0. The lowest BCUT2D eigenvalue weighted by Crippen LogP contribution is -2.03. The summed E-state index contributed by atoms with van der Waals surface area (Å²) in [5, 5.41) is 1.06. The Kier molecular flexibility index (Phi) is 3.79. The second-order valence-corrected chi connectivity index (χ2v) is 6.19. The summed E-state index contributed by atoms with van der Waals surface area (Å²) < 4.78 is 7.75. The third-order valence-corrected chi connectivity index (χ3v) is 4.11. The van der Waals surface area contributed by atoms with Crippen molar-refractivity contribution < 1.29 is 4.74 Å². The quantitative estimate of drug-likeness (QED) is 0.786. The summed E-state index contributed by atoms with van der Waals surface area (Å²) in [5.74, 6) is 1.30. The van der Waals surface area contributed by atoms with E-state index in [0.29, 0.717) is 19.1 Å². The first kappa shape index (κ1) is 13.9. The van der Waals surface area contributed by atoms with E-state index in [1.807, 2.05) is 35.9 Å². The minimum absolute atomic E-state index is 0.503. The van der Waals surface area contributed by atoms with Gasteiger partial charge in [-0.2, -0.15) is 0 Å². The van der Waals surface area contributed by atoms with E-state index in [4.69, 9.17) is 10.5 Å². The van der Waals surface area contributed by atoms with E-state index >= 15 is 0 Å². The molecule has 0 aliphatic rings. The van der Waals surface area contributed by atoms with Gasteiger partial charge in [-0.05, 0) is 25.5 Å². The van der Waals surface area contributed by atoms with Gasteiger partial charge in [0.15, 0.2) is 0 Å². The largest absolute Gasteiger partial charge is 0.491 e. The Morgan fingerprint density at radius 3 is 2.95 bits per heavy atom. The number of anilines is 1. The Morgan fingerprint density at radius 1 is 1.38 bits per heavy atom. The molecule has 110 valence electrons. The highest BCUT2D eigenvalue weighted by molar-refractivity contribution is 7.11. The number of hydrogen-bond acceptors (Lipinski definition) is 5. The molecule has 2 N–H and O–H groups in total. The van der Waals surface area contributed by atoms with Crippen molar-refractivity contribution in [3.8, 4) is 5.75 Å². The maximum absolute atomic E-state index is 6.09. The number of benzene rings is 1. The van der Waals surface area contributed by atoms with E-state index in [-0.39, 0.29) is 0 Å². The van der Waals surface area contributed by atoms with Gasteiger partial charge in [0.2, 0.25) is 5.95 Å². The summed E-state index contributed by atoms with van der Waals surface area (Å²) in [7, 11) is 0. The Morgan fingerprint density at radius 2 is 2.24 bits per heavy atom. The molecule has 2 aromatic heterocycles. The number of aryl methyl sites for hydroxylation is 1. The van der Waals surface area contributed by atoms with E-state index in [2.05, 4.69) is 16.9 Å². The Bertz CT molecular complexity index is 762. The fraction of sp³-hybridized carbons (Fsp3) is 0.333. The molecule has 0 aliphatic carbocycles. The Balaban J connectivity index is 2.00. The van der Waals surface area contributed by atoms with Crippen molar-refractivity contribution in [1.29, 1.82) is 0 Å². The van der Waals surface area contributed by atoms with Crippen LogP contribution in [0.25, 0.3) is 11.0 Å². The minimum Gasteiger partial charge on any atom is -0.491 e. The Hall–Kier alpha value is -2.08. The highest BCUT2D eigenvalue weighted by atomic mass is 32.1. The van der Waals surface area contributed by atoms with Gasteiger partial charge < -0.3 is 15.0 Å². The number of nitrogens with two attached hydrogens (primary N) is 1.